The van der Waals surface area contributed by atoms with E-state index in [-0.39, 0.29) is 6.54 Å². The van der Waals surface area contributed by atoms with E-state index in [0.29, 0.717) is 12.1 Å². The molecule has 1 aliphatic carbocycles. The quantitative estimate of drug-likeness (QED) is 0.538. The largest absolute Gasteiger partial charge is 0.390 e. The molecule has 1 aliphatic rings. The lowest BCUT2D eigenvalue weighted by atomic mass is 10.1. The Kier molecular flexibility index (Phi) is 3.87. The van der Waals surface area contributed by atoms with Gasteiger partial charge >= 0.3 is 0 Å². The summed E-state index contributed by atoms with van der Waals surface area (Å²) in [5.41, 5.74) is 0.659. The molecule has 1 unspecified atom stereocenters. The molecular weight excluding hydrogens is 310 g/mol. The van der Waals surface area contributed by atoms with E-state index in [9.17, 15) is 18.6 Å². The molecule has 22 heavy (non-hydrogen) atoms. The van der Waals surface area contributed by atoms with Crippen LogP contribution in [0, 0.1) is 5.92 Å². The van der Waals surface area contributed by atoms with Gasteiger partial charge < -0.3 is 14.8 Å². The molecule has 1 fully saturated rings. The number of hydrogen-bond donors (Lipinski definition) is 4. The van der Waals surface area contributed by atoms with Gasteiger partial charge in [-0.3, -0.25) is 0 Å². The van der Waals surface area contributed by atoms with Crippen LogP contribution < -0.4 is 9.86 Å². The van der Waals surface area contributed by atoms with Crippen molar-refractivity contribution in [1.82, 2.24) is 19.3 Å². The van der Waals surface area contributed by atoms with E-state index in [0.717, 1.165) is 5.39 Å². The first kappa shape index (κ1) is 15.3. The molecule has 0 aliphatic heterocycles. The first-order valence-corrected chi connectivity index (χ1v) is 8.31. The topological polar surface area (TPSA) is 143 Å². The number of aliphatic hydroxyl groups is 2. The number of aromatic nitrogens is 3. The van der Waals surface area contributed by atoms with Gasteiger partial charge in [-0.1, -0.05) is 0 Å². The number of aliphatic hydroxyl groups excluding tert-OH is 2. The van der Waals surface area contributed by atoms with Crippen LogP contribution in [0.4, 0.5) is 0 Å². The molecule has 0 amide bonds. The second kappa shape index (κ2) is 5.56. The lowest BCUT2D eigenvalue weighted by Crippen LogP contribution is -2.38. The Morgan fingerprint density at radius 3 is 2.91 bits per heavy atom. The van der Waals surface area contributed by atoms with Crippen molar-refractivity contribution < 1.29 is 18.6 Å². The van der Waals surface area contributed by atoms with Crippen molar-refractivity contribution >= 4 is 21.2 Å². The van der Waals surface area contributed by atoms with Gasteiger partial charge in [0.05, 0.1) is 12.1 Å². The molecular formula is C12H17N5O4S. The van der Waals surface area contributed by atoms with Crippen molar-refractivity contribution in [3.05, 3.63) is 24.8 Å². The molecule has 4 atom stereocenters. The van der Waals surface area contributed by atoms with Gasteiger partial charge in [0.2, 0.25) is 0 Å². The Labute approximate surface area is 127 Å². The van der Waals surface area contributed by atoms with Crippen molar-refractivity contribution in [3.8, 4) is 0 Å². The number of nitrogens with two attached hydrogens (primary N) is 1. The highest BCUT2D eigenvalue weighted by molar-refractivity contribution is 7.87. The predicted molar refractivity (Wildman–Crippen MR) is 77.8 cm³/mol. The van der Waals surface area contributed by atoms with Crippen LogP contribution in [-0.4, -0.2) is 51.9 Å². The molecule has 0 radical (unpaired) electrons. The summed E-state index contributed by atoms with van der Waals surface area (Å²) < 4.78 is 25.9. The van der Waals surface area contributed by atoms with Gasteiger partial charge in [-0.15, -0.1) is 0 Å². The molecule has 2 heterocycles. The van der Waals surface area contributed by atoms with Crippen LogP contribution >= 0.6 is 0 Å². The fourth-order valence-corrected chi connectivity index (χ4v) is 3.41. The molecule has 2 aromatic heterocycles. The third-order valence-electron chi connectivity index (χ3n) is 4.05. The van der Waals surface area contributed by atoms with Crippen LogP contribution in [0.1, 0.15) is 12.5 Å². The first-order chi connectivity index (χ1) is 10.4. The molecule has 0 saturated heterocycles. The fourth-order valence-electron chi connectivity index (χ4n) is 2.97. The third kappa shape index (κ3) is 2.83. The van der Waals surface area contributed by atoms with E-state index in [4.69, 9.17) is 5.14 Å². The van der Waals surface area contributed by atoms with Crippen molar-refractivity contribution in [2.45, 2.75) is 24.7 Å². The van der Waals surface area contributed by atoms with Crippen molar-refractivity contribution in [3.63, 3.8) is 0 Å². The van der Waals surface area contributed by atoms with Gasteiger partial charge in [-0.2, -0.15) is 8.42 Å². The number of nitrogens with one attached hydrogen (secondary N) is 1. The van der Waals surface area contributed by atoms with Crippen LogP contribution in [0.25, 0.3) is 11.0 Å². The fraction of sp³-hybridized carbons (Fsp3) is 0.500. The Balaban J connectivity index is 1.83. The SMILES string of the molecule is NS(=O)(=O)NC[C@@H]1C[C@@H](n2ccc3cncnc32)C(O)[C@H]1O. The average molecular weight is 327 g/mol. The van der Waals surface area contributed by atoms with E-state index < -0.39 is 34.4 Å². The molecule has 1 saturated carbocycles. The maximum absolute atomic E-state index is 11.0. The second-order valence-electron chi connectivity index (χ2n) is 5.46. The van der Waals surface area contributed by atoms with Crippen LogP contribution in [0.3, 0.4) is 0 Å². The van der Waals surface area contributed by atoms with Crippen LogP contribution in [0.2, 0.25) is 0 Å². The molecule has 10 heteroatoms. The minimum Gasteiger partial charge on any atom is -0.390 e. The Bertz CT molecular complexity index is 777. The predicted octanol–water partition coefficient (Wildman–Crippen LogP) is -1.49. The van der Waals surface area contributed by atoms with Gasteiger partial charge in [0.25, 0.3) is 10.2 Å². The molecule has 0 aromatic carbocycles. The zero-order valence-electron chi connectivity index (χ0n) is 11.6. The van der Waals surface area contributed by atoms with E-state index in [2.05, 4.69) is 14.7 Å². The van der Waals surface area contributed by atoms with E-state index in [1.165, 1.54) is 6.33 Å². The van der Waals surface area contributed by atoms with Crippen molar-refractivity contribution in [1.29, 1.82) is 0 Å². The van der Waals surface area contributed by atoms with Gasteiger partial charge in [-0.05, 0) is 12.5 Å². The van der Waals surface area contributed by atoms with Gasteiger partial charge in [0, 0.05) is 30.2 Å². The summed E-state index contributed by atoms with van der Waals surface area (Å²) in [4.78, 5) is 8.11. The van der Waals surface area contributed by atoms with Crippen molar-refractivity contribution in [2.75, 3.05) is 6.54 Å². The van der Waals surface area contributed by atoms with Crippen LogP contribution in [0.15, 0.2) is 24.8 Å². The zero-order valence-corrected chi connectivity index (χ0v) is 12.4. The normalized spacial score (nSPS) is 29.2. The highest BCUT2D eigenvalue weighted by Gasteiger charge is 2.42. The maximum Gasteiger partial charge on any atom is 0.274 e. The summed E-state index contributed by atoms with van der Waals surface area (Å²) in [6.07, 6.45) is 3.19. The van der Waals surface area contributed by atoms with Crippen molar-refractivity contribution in [2.24, 2.45) is 11.1 Å². The number of nitrogens with zero attached hydrogens (tertiary/aromatic N) is 3. The highest BCUT2D eigenvalue weighted by atomic mass is 32.2. The smallest absolute Gasteiger partial charge is 0.274 e. The Hall–Kier alpha value is -1.59. The second-order valence-corrected chi connectivity index (χ2v) is 6.84. The van der Waals surface area contributed by atoms with E-state index >= 15 is 0 Å². The van der Waals surface area contributed by atoms with E-state index in [1.807, 2.05) is 6.07 Å². The molecule has 5 N–H and O–H groups in total. The molecule has 2 aromatic rings. The molecule has 120 valence electrons. The monoisotopic (exact) mass is 327 g/mol. The molecule has 0 bridgehead atoms. The first-order valence-electron chi connectivity index (χ1n) is 6.77. The standard InChI is InChI=1S/C12H17N5O4S/c13-22(20,21)16-5-8-3-9(11(19)10(8)18)17-2-1-7-4-14-6-15-12(7)17/h1-2,4,6,8-11,16,18-19H,3,5H2,(H2,13,20,21)/t8-,9+,10-,11?/m0/s1. The molecule has 0 spiro atoms. The summed E-state index contributed by atoms with van der Waals surface area (Å²) in [5, 5.41) is 26.1. The number of hydrogen-bond acceptors (Lipinski definition) is 6. The number of rotatable bonds is 4. The Morgan fingerprint density at radius 1 is 1.41 bits per heavy atom. The number of fused-ring (bicyclic) bond motifs is 1. The minimum absolute atomic E-state index is 0.0260. The summed E-state index contributed by atoms with van der Waals surface area (Å²) in [7, 11) is -3.83. The summed E-state index contributed by atoms with van der Waals surface area (Å²) in [6, 6.07) is 1.43. The lowest BCUT2D eigenvalue weighted by Gasteiger charge is -2.18. The van der Waals surface area contributed by atoms with Gasteiger partial charge in [-0.25, -0.2) is 19.8 Å². The van der Waals surface area contributed by atoms with E-state index in [1.54, 1.807) is 17.0 Å². The van der Waals surface area contributed by atoms with Gasteiger partial charge in [0.15, 0.2) is 0 Å². The van der Waals surface area contributed by atoms with Gasteiger partial charge in [0.1, 0.15) is 18.1 Å². The highest BCUT2D eigenvalue weighted by Crippen LogP contribution is 2.36. The van der Waals surface area contributed by atoms with Crippen LogP contribution in [-0.2, 0) is 10.2 Å². The van der Waals surface area contributed by atoms with Crippen LogP contribution in [0.5, 0.6) is 0 Å². The lowest BCUT2D eigenvalue weighted by molar-refractivity contribution is 0.00769. The summed E-state index contributed by atoms with van der Waals surface area (Å²) in [6.45, 7) is -0.0260. The zero-order chi connectivity index (χ0) is 15.9. The summed E-state index contributed by atoms with van der Waals surface area (Å²) >= 11 is 0. The minimum atomic E-state index is -3.83. The average Bonchev–Trinajstić information content (AvgIpc) is 3.00. The summed E-state index contributed by atoms with van der Waals surface area (Å²) in [5.74, 6) is -0.433. The third-order valence-corrected chi connectivity index (χ3v) is 4.62. The maximum atomic E-state index is 11.0. The molecule has 9 nitrogen and oxygen atoms in total. The Morgan fingerprint density at radius 2 is 2.18 bits per heavy atom. The molecule has 3 rings (SSSR count).